The quantitative estimate of drug-likeness (QED) is 0.732. The lowest BCUT2D eigenvalue weighted by Gasteiger charge is -2.21. The summed E-state index contributed by atoms with van der Waals surface area (Å²) in [5.41, 5.74) is 6.79. The van der Waals surface area contributed by atoms with Crippen LogP contribution in [0.4, 0.5) is 21.0 Å². The SMILES string of the molecule is C=C/N=C1\C(=C(/C)N)NC(=O)N1c1cc(NC(=O)OC(C)(C)C)cc(OC)c1. The van der Waals surface area contributed by atoms with Crippen LogP contribution in [0.5, 0.6) is 5.75 Å². The topological polar surface area (TPSA) is 118 Å². The van der Waals surface area contributed by atoms with Crippen LogP contribution in [-0.2, 0) is 4.74 Å². The normalized spacial score (nSPS) is 17.2. The van der Waals surface area contributed by atoms with Crippen LogP contribution in [0.3, 0.4) is 0 Å². The lowest BCUT2D eigenvalue weighted by atomic mass is 10.2. The van der Waals surface area contributed by atoms with Gasteiger partial charge in [-0.05, 0) is 33.8 Å². The molecule has 1 aliphatic rings. The zero-order chi connectivity index (χ0) is 21.1. The Morgan fingerprint density at radius 3 is 2.57 bits per heavy atom. The molecule has 4 N–H and O–H groups in total. The van der Waals surface area contributed by atoms with Crippen molar-refractivity contribution >= 4 is 29.3 Å². The van der Waals surface area contributed by atoms with Crippen LogP contribution in [-0.4, -0.2) is 30.7 Å². The summed E-state index contributed by atoms with van der Waals surface area (Å²) in [4.78, 5) is 30.1. The molecule has 1 heterocycles. The van der Waals surface area contributed by atoms with Gasteiger partial charge < -0.3 is 20.5 Å². The third-order valence-electron chi connectivity index (χ3n) is 3.51. The van der Waals surface area contributed by atoms with Crippen molar-refractivity contribution in [3.63, 3.8) is 0 Å². The standard InChI is InChI=1S/C19H25N5O4/c1-7-21-16-15(11(2)20)23-17(25)24(16)13-8-12(9-14(10-13)27-6)22-18(26)28-19(3,4)5/h7-10H,1,20H2,2-6H3,(H,22,26)(H,23,25)/b15-11-,21-16+. The van der Waals surface area contributed by atoms with Crippen LogP contribution in [0.15, 0.2) is 47.4 Å². The first-order valence-electron chi connectivity index (χ1n) is 8.51. The monoisotopic (exact) mass is 387 g/mol. The summed E-state index contributed by atoms with van der Waals surface area (Å²) < 4.78 is 10.6. The van der Waals surface area contributed by atoms with Crippen molar-refractivity contribution in [2.24, 2.45) is 10.7 Å². The fourth-order valence-electron chi connectivity index (χ4n) is 2.47. The van der Waals surface area contributed by atoms with Crippen molar-refractivity contribution in [3.05, 3.63) is 42.4 Å². The number of ether oxygens (including phenoxy) is 2. The number of hydrogen-bond donors (Lipinski definition) is 3. The number of urea groups is 1. The van der Waals surface area contributed by atoms with E-state index in [1.54, 1.807) is 45.9 Å². The molecule has 28 heavy (non-hydrogen) atoms. The Kier molecular flexibility index (Phi) is 5.97. The summed E-state index contributed by atoms with van der Waals surface area (Å²) in [6.07, 6.45) is 0.682. The number of nitrogens with one attached hydrogen (secondary N) is 2. The van der Waals surface area contributed by atoms with Crippen molar-refractivity contribution < 1.29 is 19.1 Å². The van der Waals surface area contributed by atoms with Crippen molar-refractivity contribution in [1.82, 2.24) is 5.32 Å². The average molecular weight is 387 g/mol. The van der Waals surface area contributed by atoms with E-state index in [2.05, 4.69) is 22.2 Å². The molecule has 9 heteroatoms. The van der Waals surface area contributed by atoms with Crippen LogP contribution in [0.1, 0.15) is 27.7 Å². The number of rotatable bonds is 4. The Bertz CT molecular complexity index is 864. The van der Waals surface area contributed by atoms with Gasteiger partial charge >= 0.3 is 12.1 Å². The summed E-state index contributed by atoms with van der Waals surface area (Å²) in [5.74, 6) is 0.715. The lowest BCUT2D eigenvalue weighted by Crippen LogP contribution is -2.31. The summed E-state index contributed by atoms with van der Waals surface area (Å²) in [7, 11) is 1.48. The molecular weight excluding hydrogens is 362 g/mol. The highest BCUT2D eigenvalue weighted by Crippen LogP contribution is 2.31. The second kappa shape index (κ2) is 8.03. The van der Waals surface area contributed by atoms with E-state index in [-0.39, 0.29) is 5.84 Å². The first-order valence-corrected chi connectivity index (χ1v) is 8.51. The van der Waals surface area contributed by atoms with Gasteiger partial charge in [0.1, 0.15) is 17.0 Å². The molecule has 0 bridgehead atoms. The summed E-state index contributed by atoms with van der Waals surface area (Å²) in [6.45, 7) is 10.5. The summed E-state index contributed by atoms with van der Waals surface area (Å²) in [5, 5.41) is 5.31. The van der Waals surface area contributed by atoms with E-state index < -0.39 is 17.7 Å². The van der Waals surface area contributed by atoms with Crippen molar-refractivity contribution in [1.29, 1.82) is 0 Å². The number of amidine groups is 1. The molecule has 0 aromatic heterocycles. The molecule has 3 amide bonds. The Hall–Kier alpha value is -3.49. The minimum Gasteiger partial charge on any atom is -0.497 e. The average Bonchev–Trinajstić information content (AvgIpc) is 2.89. The highest BCUT2D eigenvalue weighted by atomic mass is 16.6. The molecule has 1 aromatic rings. The zero-order valence-corrected chi connectivity index (χ0v) is 16.6. The molecule has 1 saturated heterocycles. The van der Waals surface area contributed by atoms with Gasteiger partial charge in [0, 0.05) is 29.7 Å². The molecule has 0 spiro atoms. The van der Waals surface area contributed by atoms with Gasteiger partial charge in [0.25, 0.3) is 0 Å². The molecule has 2 rings (SSSR count). The zero-order valence-electron chi connectivity index (χ0n) is 16.6. The van der Waals surface area contributed by atoms with E-state index in [9.17, 15) is 9.59 Å². The number of hydrogen-bond acceptors (Lipinski definition) is 6. The van der Waals surface area contributed by atoms with E-state index in [4.69, 9.17) is 15.2 Å². The smallest absolute Gasteiger partial charge is 0.412 e. The Balaban J connectivity index is 2.46. The number of aliphatic imine (C=N–C) groups is 1. The van der Waals surface area contributed by atoms with Gasteiger partial charge in [-0.1, -0.05) is 6.58 Å². The molecule has 1 aromatic carbocycles. The molecule has 0 atom stereocenters. The molecule has 0 aliphatic carbocycles. The molecule has 1 aliphatic heterocycles. The second-order valence-electron chi connectivity index (χ2n) is 7.01. The fraction of sp³-hybridized carbons (Fsp3) is 0.316. The van der Waals surface area contributed by atoms with Gasteiger partial charge in [0.05, 0.1) is 12.8 Å². The number of anilines is 2. The Labute approximate surface area is 163 Å². The highest BCUT2D eigenvalue weighted by Gasteiger charge is 2.34. The van der Waals surface area contributed by atoms with E-state index in [1.165, 1.54) is 18.2 Å². The number of amides is 3. The molecule has 0 radical (unpaired) electrons. The van der Waals surface area contributed by atoms with Crippen LogP contribution in [0, 0.1) is 0 Å². The van der Waals surface area contributed by atoms with Gasteiger partial charge in [-0.3, -0.25) is 5.32 Å². The highest BCUT2D eigenvalue weighted by molar-refractivity contribution is 6.29. The third-order valence-corrected chi connectivity index (χ3v) is 3.51. The molecule has 0 saturated carbocycles. The largest absolute Gasteiger partial charge is 0.497 e. The number of nitrogens with zero attached hydrogens (tertiary/aromatic N) is 2. The fourth-order valence-corrected chi connectivity index (χ4v) is 2.47. The van der Waals surface area contributed by atoms with E-state index in [0.29, 0.717) is 28.5 Å². The third kappa shape index (κ3) is 4.81. The molecule has 150 valence electrons. The number of carbonyl (C=O) groups excluding carboxylic acids is 2. The van der Waals surface area contributed by atoms with E-state index in [1.807, 2.05) is 0 Å². The lowest BCUT2D eigenvalue weighted by molar-refractivity contribution is 0.0636. The van der Waals surface area contributed by atoms with E-state index in [0.717, 1.165) is 0 Å². The second-order valence-corrected chi connectivity index (χ2v) is 7.01. The maximum Gasteiger partial charge on any atom is 0.412 e. The summed E-state index contributed by atoms with van der Waals surface area (Å²) in [6, 6.07) is 4.39. The van der Waals surface area contributed by atoms with Gasteiger partial charge in [-0.25, -0.2) is 19.5 Å². The van der Waals surface area contributed by atoms with Gasteiger partial charge in [0.2, 0.25) is 0 Å². The van der Waals surface area contributed by atoms with E-state index >= 15 is 0 Å². The molecule has 0 unspecified atom stereocenters. The van der Waals surface area contributed by atoms with Gasteiger partial charge in [-0.15, -0.1) is 0 Å². The van der Waals surface area contributed by atoms with Crippen molar-refractivity contribution in [2.75, 3.05) is 17.3 Å². The van der Waals surface area contributed by atoms with Crippen molar-refractivity contribution in [3.8, 4) is 5.75 Å². The van der Waals surface area contributed by atoms with Gasteiger partial charge in [-0.2, -0.15) is 0 Å². The molecule has 9 nitrogen and oxygen atoms in total. The van der Waals surface area contributed by atoms with Crippen molar-refractivity contribution in [2.45, 2.75) is 33.3 Å². The maximum absolute atomic E-state index is 12.6. The number of carbonyl (C=O) groups is 2. The van der Waals surface area contributed by atoms with Crippen LogP contribution < -0.4 is 26.0 Å². The molecular formula is C19H25N5O4. The Morgan fingerprint density at radius 2 is 2.04 bits per heavy atom. The number of methoxy groups -OCH3 is 1. The minimum atomic E-state index is -0.650. The molecule has 1 fully saturated rings. The first-order chi connectivity index (χ1) is 13.1. The predicted octanol–water partition coefficient (Wildman–Crippen LogP) is 3.30. The minimum absolute atomic E-state index is 0.288. The summed E-state index contributed by atoms with van der Waals surface area (Å²) >= 11 is 0. The first kappa shape index (κ1) is 20.8. The van der Waals surface area contributed by atoms with Crippen LogP contribution in [0.2, 0.25) is 0 Å². The number of benzene rings is 1. The van der Waals surface area contributed by atoms with Crippen LogP contribution in [0.25, 0.3) is 0 Å². The number of allylic oxidation sites excluding steroid dienone is 1. The number of nitrogens with two attached hydrogens (primary N) is 1. The van der Waals surface area contributed by atoms with Crippen LogP contribution >= 0.6 is 0 Å². The Morgan fingerprint density at radius 1 is 1.36 bits per heavy atom. The van der Waals surface area contributed by atoms with Gasteiger partial charge in [0.15, 0.2) is 5.84 Å². The predicted molar refractivity (Wildman–Crippen MR) is 108 cm³/mol. The maximum atomic E-state index is 12.6.